The second-order valence-electron chi connectivity index (χ2n) is 3.81. The Morgan fingerprint density at radius 2 is 1.46 bits per heavy atom. The second kappa shape index (κ2) is 2.88. The normalized spacial score (nSPS) is 10.7. The highest BCUT2D eigenvalue weighted by molar-refractivity contribution is 5.71. The molecular formula is C13H14. The molecule has 13 heavy (non-hydrogen) atoms. The summed E-state index contributed by atoms with van der Waals surface area (Å²) in [4.78, 5) is 0. The van der Waals surface area contributed by atoms with Crippen molar-refractivity contribution in [1.29, 1.82) is 0 Å². The predicted molar refractivity (Wildman–Crippen MR) is 57.3 cm³/mol. The summed E-state index contributed by atoms with van der Waals surface area (Å²) >= 11 is 0. The van der Waals surface area contributed by atoms with Gasteiger partial charge in [-0.25, -0.2) is 0 Å². The van der Waals surface area contributed by atoms with Gasteiger partial charge < -0.3 is 0 Å². The average Bonchev–Trinajstić information content (AvgIpc) is 2.37. The van der Waals surface area contributed by atoms with Crippen LogP contribution < -0.4 is 0 Å². The molecule has 66 valence electrons. The quantitative estimate of drug-likeness (QED) is 0.565. The van der Waals surface area contributed by atoms with Crippen molar-refractivity contribution in [2.24, 2.45) is 0 Å². The molecule has 0 saturated carbocycles. The van der Waals surface area contributed by atoms with Gasteiger partial charge in [0.25, 0.3) is 0 Å². The second-order valence-corrected chi connectivity index (χ2v) is 3.81. The van der Waals surface area contributed by atoms with Gasteiger partial charge in [-0.1, -0.05) is 35.9 Å². The molecule has 2 aliphatic carbocycles. The van der Waals surface area contributed by atoms with Crippen molar-refractivity contribution in [3.63, 3.8) is 0 Å². The van der Waals surface area contributed by atoms with Crippen LogP contribution in [0.25, 0.3) is 11.1 Å². The molecule has 0 amide bonds. The van der Waals surface area contributed by atoms with Gasteiger partial charge in [0, 0.05) is 0 Å². The van der Waals surface area contributed by atoms with Crippen molar-refractivity contribution < 1.29 is 0 Å². The summed E-state index contributed by atoms with van der Waals surface area (Å²) in [5, 5.41) is 0. The Labute approximate surface area is 79.6 Å². The van der Waals surface area contributed by atoms with E-state index in [9.17, 15) is 0 Å². The van der Waals surface area contributed by atoms with E-state index in [-0.39, 0.29) is 0 Å². The third-order valence-corrected chi connectivity index (χ3v) is 2.47. The lowest BCUT2D eigenvalue weighted by Crippen LogP contribution is -1.70. The highest BCUT2D eigenvalue weighted by atomic mass is 14.1. The molecule has 0 unspecified atom stereocenters. The van der Waals surface area contributed by atoms with E-state index in [0.717, 1.165) is 0 Å². The third kappa shape index (κ3) is 1.44. The van der Waals surface area contributed by atoms with Crippen molar-refractivity contribution in [3.05, 3.63) is 47.0 Å². The van der Waals surface area contributed by atoms with Crippen LogP contribution in [0.15, 0.2) is 30.3 Å². The summed E-state index contributed by atoms with van der Waals surface area (Å²) in [7, 11) is 0. The number of rotatable bonds is 0. The van der Waals surface area contributed by atoms with E-state index >= 15 is 0 Å². The lowest BCUT2D eigenvalue weighted by Gasteiger charge is -1.94. The predicted octanol–water partition coefficient (Wildman–Crippen LogP) is 3.72. The van der Waals surface area contributed by atoms with Crippen LogP contribution in [-0.4, -0.2) is 0 Å². The Hall–Kier alpha value is -1.30. The number of hydrogen-bond donors (Lipinski definition) is 0. The van der Waals surface area contributed by atoms with Crippen LogP contribution in [0.2, 0.25) is 0 Å². The van der Waals surface area contributed by atoms with Gasteiger partial charge in [0.1, 0.15) is 0 Å². The molecule has 0 bridgehead atoms. The summed E-state index contributed by atoms with van der Waals surface area (Å²) in [5.41, 5.74) is 6.77. The topological polar surface area (TPSA) is 0 Å². The van der Waals surface area contributed by atoms with Crippen LogP contribution in [0.3, 0.4) is 0 Å². The fourth-order valence-electron chi connectivity index (χ4n) is 1.78. The van der Waals surface area contributed by atoms with E-state index in [1.54, 1.807) is 0 Å². The molecule has 0 aliphatic heterocycles. The van der Waals surface area contributed by atoms with Gasteiger partial charge in [0.15, 0.2) is 0 Å². The summed E-state index contributed by atoms with van der Waals surface area (Å²) in [5.74, 6) is 0. The Balaban J connectivity index is 2.79. The molecule has 2 aliphatic rings. The maximum atomic E-state index is 2.25. The molecule has 0 N–H and O–H groups in total. The van der Waals surface area contributed by atoms with E-state index < -0.39 is 0 Å². The number of fused-ring (bicyclic) bond motifs is 1. The van der Waals surface area contributed by atoms with Crippen molar-refractivity contribution >= 4 is 0 Å². The van der Waals surface area contributed by atoms with Crippen LogP contribution in [0.4, 0.5) is 0 Å². The molecular weight excluding hydrogens is 156 g/mol. The lowest BCUT2D eigenvalue weighted by molar-refractivity contribution is 1.48. The fraction of sp³-hybridized carbons (Fsp3) is 0.231. The minimum Gasteiger partial charge on any atom is -0.0590 e. The summed E-state index contributed by atoms with van der Waals surface area (Å²) in [6.45, 7) is 6.46. The largest absolute Gasteiger partial charge is 0.0590 e. The van der Waals surface area contributed by atoms with Crippen LogP contribution in [-0.2, 0) is 0 Å². The molecule has 0 saturated heterocycles. The molecule has 0 spiro atoms. The van der Waals surface area contributed by atoms with Crippen molar-refractivity contribution in [2.45, 2.75) is 20.8 Å². The average molecular weight is 170 g/mol. The smallest absolute Gasteiger partial charge is 0.0152 e. The molecule has 0 aromatic rings. The monoisotopic (exact) mass is 170 g/mol. The Bertz CT molecular complexity index is 413. The van der Waals surface area contributed by atoms with E-state index in [0.29, 0.717) is 0 Å². The highest BCUT2D eigenvalue weighted by Gasteiger charge is 2.05. The third-order valence-electron chi connectivity index (χ3n) is 2.47. The first kappa shape index (κ1) is 8.31. The van der Waals surface area contributed by atoms with Gasteiger partial charge in [0.05, 0.1) is 0 Å². The molecule has 0 heterocycles. The zero-order valence-electron chi connectivity index (χ0n) is 8.39. The van der Waals surface area contributed by atoms with Crippen molar-refractivity contribution in [1.82, 2.24) is 0 Å². The number of aryl methyl sites for hydroxylation is 3. The maximum Gasteiger partial charge on any atom is -0.0152 e. The first-order chi connectivity index (χ1) is 6.16. The Morgan fingerprint density at radius 3 is 2.23 bits per heavy atom. The maximum absolute atomic E-state index is 2.25. The SMILES string of the molecule is Cc1ccc(C)c2cc(C)cc-2c1. The zero-order valence-corrected chi connectivity index (χ0v) is 8.39. The van der Waals surface area contributed by atoms with Gasteiger partial charge in [-0.3, -0.25) is 0 Å². The molecule has 0 nitrogen and oxygen atoms in total. The van der Waals surface area contributed by atoms with E-state index in [2.05, 4.69) is 51.1 Å². The fourth-order valence-corrected chi connectivity index (χ4v) is 1.78. The minimum absolute atomic E-state index is 1.32. The van der Waals surface area contributed by atoms with Crippen LogP contribution in [0, 0.1) is 20.8 Å². The van der Waals surface area contributed by atoms with E-state index in [1.165, 1.54) is 27.8 Å². The van der Waals surface area contributed by atoms with Gasteiger partial charge >= 0.3 is 0 Å². The molecule has 2 rings (SSSR count). The minimum atomic E-state index is 1.32. The zero-order chi connectivity index (χ0) is 9.42. The van der Waals surface area contributed by atoms with Gasteiger partial charge in [0.2, 0.25) is 0 Å². The summed E-state index contributed by atoms with van der Waals surface area (Å²) < 4.78 is 0. The first-order valence-corrected chi connectivity index (χ1v) is 4.64. The van der Waals surface area contributed by atoms with E-state index in [1.807, 2.05) is 0 Å². The van der Waals surface area contributed by atoms with Crippen molar-refractivity contribution in [2.75, 3.05) is 0 Å². The Morgan fingerprint density at radius 1 is 0.769 bits per heavy atom. The van der Waals surface area contributed by atoms with Crippen LogP contribution >= 0.6 is 0 Å². The number of hydrogen-bond acceptors (Lipinski definition) is 0. The van der Waals surface area contributed by atoms with Gasteiger partial charge in [-0.15, -0.1) is 0 Å². The summed E-state index contributed by atoms with van der Waals surface area (Å²) in [6, 6.07) is 11.1. The molecule has 0 aromatic carbocycles. The van der Waals surface area contributed by atoms with Gasteiger partial charge in [-0.05, 0) is 43.0 Å². The Kier molecular flexibility index (Phi) is 1.84. The highest BCUT2D eigenvalue weighted by Crippen LogP contribution is 2.28. The molecule has 0 radical (unpaired) electrons. The lowest BCUT2D eigenvalue weighted by atomic mass is 10.1. The molecule has 0 heteroatoms. The molecule has 0 aromatic heterocycles. The standard InChI is InChI=1S/C13H14/c1-9-4-5-11(3)13-8-10(2)7-12(13)6-9/h4-8H,1-3H3. The summed E-state index contributed by atoms with van der Waals surface area (Å²) in [6.07, 6.45) is 0. The first-order valence-electron chi connectivity index (χ1n) is 4.64. The van der Waals surface area contributed by atoms with Crippen LogP contribution in [0.5, 0.6) is 0 Å². The molecule has 0 fully saturated rings. The van der Waals surface area contributed by atoms with Crippen LogP contribution in [0.1, 0.15) is 16.7 Å². The van der Waals surface area contributed by atoms with Gasteiger partial charge in [-0.2, -0.15) is 0 Å². The van der Waals surface area contributed by atoms with E-state index in [4.69, 9.17) is 0 Å². The van der Waals surface area contributed by atoms with Crippen molar-refractivity contribution in [3.8, 4) is 11.1 Å². The molecule has 0 atom stereocenters.